The molecule has 0 aromatic carbocycles. The third-order valence-electron chi connectivity index (χ3n) is 3.00. The highest BCUT2D eigenvalue weighted by Gasteiger charge is 2.22. The molecule has 0 aromatic heterocycles. The van der Waals surface area contributed by atoms with Gasteiger partial charge in [-0.25, -0.2) is 0 Å². The second-order valence-electron chi connectivity index (χ2n) is 4.14. The molecule has 2 unspecified atom stereocenters. The number of rotatable bonds is 5. The molecule has 0 radical (unpaired) electrons. The number of nitrogens with one attached hydrogen (secondary N) is 1. The Labute approximate surface area is 81.1 Å². The summed E-state index contributed by atoms with van der Waals surface area (Å²) in [5.74, 6) is 0.822. The number of aliphatic hydroxyl groups is 1. The Morgan fingerprint density at radius 2 is 2.23 bits per heavy atom. The van der Waals surface area contributed by atoms with E-state index in [0.29, 0.717) is 6.04 Å². The lowest BCUT2D eigenvalue weighted by atomic mass is 10.0. The van der Waals surface area contributed by atoms with Crippen molar-refractivity contribution in [3.63, 3.8) is 0 Å². The Balaban J connectivity index is 2.10. The van der Waals surface area contributed by atoms with E-state index in [1.807, 2.05) is 0 Å². The molecule has 2 N–H and O–H groups in total. The summed E-state index contributed by atoms with van der Waals surface area (Å²) in [6.07, 6.45) is 2.52. The molecular weight excluding hydrogens is 164 g/mol. The normalized spacial score (nSPS) is 28.6. The van der Waals surface area contributed by atoms with Gasteiger partial charge in [0.1, 0.15) is 0 Å². The first kappa shape index (κ1) is 11.0. The quantitative estimate of drug-likeness (QED) is 0.648. The summed E-state index contributed by atoms with van der Waals surface area (Å²) in [6.45, 7) is 5.64. The molecule has 0 aliphatic carbocycles. The maximum absolute atomic E-state index is 8.72. The fourth-order valence-corrected chi connectivity index (χ4v) is 1.93. The van der Waals surface area contributed by atoms with E-state index in [-0.39, 0.29) is 6.61 Å². The molecule has 0 spiro atoms. The summed E-state index contributed by atoms with van der Waals surface area (Å²) in [5.41, 5.74) is 0. The van der Waals surface area contributed by atoms with E-state index in [1.54, 1.807) is 0 Å². The number of aliphatic hydroxyl groups excluding tert-OH is 1. The van der Waals surface area contributed by atoms with Crippen molar-refractivity contribution in [1.82, 2.24) is 10.2 Å². The fraction of sp³-hybridized carbons (Fsp3) is 1.00. The average molecular weight is 186 g/mol. The van der Waals surface area contributed by atoms with Crippen molar-refractivity contribution < 1.29 is 5.11 Å². The maximum atomic E-state index is 8.72. The van der Waals surface area contributed by atoms with Crippen molar-refractivity contribution in [2.24, 2.45) is 5.92 Å². The lowest BCUT2D eigenvalue weighted by molar-refractivity contribution is 0.213. The molecule has 1 saturated heterocycles. The maximum Gasteiger partial charge on any atom is 0.0558 e. The molecule has 1 aliphatic heterocycles. The second kappa shape index (κ2) is 5.58. The summed E-state index contributed by atoms with van der Waals surface area (Å²) in [6, 6.07) is 0.696. The number of likely N-dealkylation sites (N-methyl/N-ethyl adjacent to an activating group) is 1. The lowest BCUT2D eigenvalue weighted by Crippen LogP contribution is -2.32. The second-order valence-corrected chi connectivity index (χ2v) is 4.14. The van der Waals surface area contributed by atoms with Gasteiger partial charge in [0.15, 0.2) is 0 Å². The van der Waals surface area contributed by atoms with E-state index < -0.39 is 0 Å². The largest absolute Gasteiger partial charge is 0.395 e. The minimum absolute atomic E-state index is 0.268. The van der Waals surface area contributed by atoms with Gasteiger partial charge in [0.05, 0.1) is 6.61 Å². The van der Waals surface area contributed by atoms with E-state index in [2.05, 4.69) is 24.2 Å². The lowest BCUT2D eigenvalue weighted by Gasteiger charge is -2.20. The topological polar surface area (TPSA) is 35.5 Å². The Bertz CT molecular complexity index is 141. The van der Waals surface area contributed by atoms with Gasteiger partial charge >= 0.3 is 0 Å². The summed E-state index contributed by atoms with van der Waals surface area (Å²) in [7, 11) is 2.07. The zero-order chi connectivity index (χ0) is 9.68. The van der Waals surface area contributed by atoms with Crippen molar-refractivity contribution in [2.75, 3.05) is 33.3 Å². The van der Waals surface area contributed by atoms with Gasteiger partial charge in [0, 0.05) is 12.6 Å². The molecule has 13 heavy (non-hydrogen) atoms. The van der Waals surface area contributed by atoms with Crippen molar-refractivity contribution >= 4 is 0 Å². The molecule has 1 aliphatic rings. The number of nitrogens with zero attached hydrogens (tertiary/aromatic N) is 1. The van der Waals surface area contributed by atoms with Gasteiger partial charge in [0.25, 0.3) is 0 Å². The Morgan fingerprint density at radius 1 is 1.46 bits per heavy atom. The van der Waals surface area contributed by atoms with Crippen molar-refractivity contribution in [3.05, 3.63) is 0 Å². The van der Waals surface area contributed by atoms with Crippen LogP contribution in [-0.2, 0) is 0 Å². The van der Waals surface area contributed by atoms with E-state index >= 15 is 0 Å². The molecule has 3 nitrogen and oxygen atoms in total. The smallest absolute Gasteiger partial charge is 0.0558 e. The summed E-state index contributed by atoms with van der Waals surface area (Å²) < 4.78 is 0. The molecule has 78 valence electrons. The average Bonchev–Trinajstić information content (AvgIpc) is 2.48. The van der Waals surface area contributed by atoms with E-state index in [4.69, 9.17) is 5.11 Å². The molecular formula is C10H22N2O. The van der Waals surface area contributed by atoms with Crippen LogP contribution in [0.15, 0.2) is 0 Å². The highest BCUT2D eigenvalue weighted by Crippen LogP contribution is 2.16. The molecule has 1 rings (SSSR count). The van der Waals surface area contributed by atoms with Gasteiger partial charge in [-0.1, -0.05) is 6.92 Å². The molecule has 0 saturated carbocycles. The van der Waals surface area contributed by atoms with Crippen LogP contribution in [0.25, 0.3) is 0 Å². The van der Waals surface area contributed by atoms with Crippen molar-refractivity contribution in [1.29, 1.82) is 0 Å². The highest BCUT2D eigenvalue weighted by atomic mass is 16.3. The standard InChI is InChI=1S/C10H22N2O/c1-9-3-5-11-10(9)4-6-12(2)7-8-13/h9-11,13H,3-8H2,1-2H3. The number of hydrogen-bond donors (Lipinski definition) is 2. The first-order valence-electron chi connectivity index (χ1n) is 5.27. The summed E-state index contributed by atoms with van der Waals surface area (Å²) >= 11 is 0. The molecule has 0 aromatic rings. The van der Waals surface area contributed by atoms with Crippen LogP contribution in [0.1, 0.15) is 19.8 Å². The van der Waals surface area contributed by atoms with Gasteiger partial charge in [0.2, 0.25) is 0 Å². The zero-order valence-corrected chi connectivity index (χ0v) is 8.79. The Morgan fingerprint density at radius 3 is 2.77 bits per heavy atom. The van der Waals surface area contributed by atoms with Crippen LogP contribution in [0.5, 0.6) is 0 Å². The van der Waals surface area contributed by atoms with Gasteiger partial charge < -0.3 is 15.3 Å². The monoisotopic (exact) mass is 186 g/mol. The van der Waals surface area contributed by atoms with Crippen molar-refractivity contribution in [2.45, 2.75) is 25.8 Å². The van der Waals surface area contributed by atoms with Crippen LogP contribution in [0.4, 0.5) is 0 Å². The van der Waals surface area contributed by atoms with Crippen LogP contribution < -0.4 is 5.32 Å². The van der Waals surface area contributed by atoms with Crippen LogP contribution in [0.3, 0.4) is 0 Å². The zero-order valence-electron chi connectivity index (χ0n) is 8.79. The van der Waals surface area contributed by atoms with Crippen molar-refractivity contribution in [3.8, 4) is 0 Å². The van der Waals surface area contributed by atoms with E-state index in [9.17, 15) is 0 Å². The minimum atomic E-state index is 0.268. The molecule has 2 atom stereocenters. The van der Waals surface area contributed by atoms with Gasteiger partial charge in [-0.05, 0) is 38.9 Å². The molecule has 1 fully saturated rings. The SMILES string of the molecule is CC1CCNC1CCN(C)CCO. The van der Waals surface area contributed by atoms with Crippen LogP contribution in [-0.4, -0.2) is 49.3 Å². The third-order valence-corrected chi connectivity index (χ3v) is 3.00. The molecule has 0 amide bonds. The third kappa shape index (κ3) is 3.63. The van der Waals surface area contributed by atoms with Gasteiger partial charge in [-0.2, -0.15) is 0 Å². The van der Waals surface area contributed by atoms with Gasteiger partial charge in [-0.15, -0.1) is 0 Å². The Hall–Kier alpha value is -0.120. The highest BCUT2D eigenvalue weighted by molar-refractivity contribution is 4.81. The molecule has 3 heteroatoms. The number of hydrogen-bond acceptors (Lipinski definition) is 3. The van der Waals surface area contributed by atoms with Crippen LogP contribution >= 0.6 is 0 Å². The fourth-order valence-electron chi connectivity index (χ4n) is 1.93. The van der Waals surface area contributed by atoms with Crippen LogP contribution in [0.2, 0.25) is 0 Å². The van der Waals surface area contributed by atoms with Gasteiger partial charge in [-0.3, -0.25) is 0 Å². The predicted octanol–water partition coefficient (Wildman–Crippen LogP) is 0.299. The first-order valence-corrected chi connectivity index (χ1v) is 5.27. The molecule has 1 heterocycles. The van der Waals surface area contributed by atoms with E-state index in [1.165, 1.54) is 19.4 Å². The summed E-state index contributed by atoms with van der Waals surface area (Å²) in [5, 5.41) is 12.2. The van der Waals surface area contributed by atoms with E-state index in [0.717, 1.165) is 19.0 Å². The Kier molecular flexibility index (Phi) is 4.70. The first-order chi connectivity index (χ1) is 6.24. The predicted molar refractivity (Wildman–Crippen MR) is 54.8 cm³/mol. The minimum Gasteiger partial charge on any atom is -0.395 e. The van der Waals surface area contributed by atoms with Crippen LogP contribution in [0, 0.1) is 5.92 Å². The summed E-state index contributed by atoms with van der Waals surface area (Å²) in [4.78, 5) is 2.19. The molecule has 0 bridgehead atoms.